The summed E-state index contributed by atoms with van der Waals surface area (Å²) in [6, 6.07) is 10.3. The van der Waals surface area contributed by atoms with E-state index in [1.165, 1.54) is 5.56 Å². The van der Waals surface area contributed by atoms with Gasteiger partial charge in [-0.15, -0.1) is 3.75 Å². The average Bonchev–Trinajstić information content (AvgIpc) is 2.06. The van der Waals surface area contributed by atoms with E-state index in [1.54, 1.807) is 3.75 Å². The van der Waals surface area contributed by atoms with E-state index in [0.717, 1.165) is 0 Å². The van der Waals surface area contributed by atoms with Crippen LogP contribution in [0.5, 0.6) is 0 Å². The SMILES string of the molecule is Cc1ccccc1.NS(=O)(=O)NBr. The predicted octanol–water partition coefficient (Wildman–Crippen LogP) is 1.08. The maximum Gasteiger partial charge on any atom is 0.283 e. The van der Waals surface area contributed by atoms with Crippen molar-refractivity contribution < 1.29 is 8.42 Å². The molecule has 0 radical (unpaired) electrons. The number of halogens is 1. The first-order valence-corrected chi connectivity index (χ1v) is 5.71. The minimum atomic E-state index is -3.50. The summed E-state index contributed by atoms with van der Waals surface area (Å²) >= 11 is 2.41. The van der Waals surface area contributed by atoms with Gasteiger partial charge in [0.25, 0.3) is 10.2 Å². The van der Waals surface area contributed by atoms with E-state index in [1.807, 2.05) is 18.2 Å². The summed E-state index contributed by atoms with van der Waals surface area (Å²) in [5.74, 6) is 0. The van der Waals surface area contributed by atoms with Crippen LogP contribution in [0.4, 0.5) is 0 Å². The van der Waals surface area contributed by atoms with Gasteiger partial charge in [0.05, 0.1) is 0 Å². The third kappa shape index (κ3) is 9.48. The van der Waals surface area contributed by atoms with Gasteiger partial charge in [0.2, 0.25) is 0 Å². The zero-order chi connectivity index (χ0) is 10.3. The quantitative estimate of drug-likeness (QED) is 0.747. The fourth-order valence-electron chi connectivity index (χ4n) is 0.534. The van der Waals surface area contributed by atoms with Gasteiger partial charge in [0, 0.05) is 16.1 Å². The van der Waals surface area contributed by atoms with Gasteiger partial charge in [-0.25, -0.2) is 5.14 Å². The number of hydrogen-bond donors (Lipinski definition) is 2. The Morgan fingerprint density at radius 2 is 1.69 bits per heavy atom. The molecule has 0 unspecified atom stereocenters. The molecule has 74 valence electrons. The molecule has 1 rings (SSSR count). The van der Waals surface area contributed by atoms with Crippen molar-refractivity contribution in [2.75, 3.05) is 0 Å². The first-order valence-electron chi connectivity index (χ1n) is 3.37. The monoisotopic (exact) mass is 266 g/mol. The molecule has 0 aromatic heterocycles. The molecule has 4 nitrogen and oxygen atoms in total. The maximum atomic E-state index is 9.62. The molecule has 0 bridgehead atoms. The van der Waals surface area contributed by atoms with Gasteiger partial charge in [-0.2, -0.15) is 8.42 Å². The summed E-state index contributed by atoms with van der Waals surface area (Å²) in [6.07, 6.45) is 0. The molecule has 0 aliphatic rings. The number of hydrogen-bond acceptors (Lipinski definition) is 2. The summed E-state index contributed by atoms with van der Waals surface area (Å²) in [7, 11) is -3.50. The summed E-state index contributed by atoms with van der Waals surface area (Å²) in [4.78, 5) is 0. The van der Waals surface area contributed by atoms with Crippen LogP contribution in [-0.2, 0) is 10.2 Å². The van der Waals surface area contributed by atoms with E-state index in [2.05, 4.69) is 40.3 Å². The van der Waals surface area contributed by atoms with Crippen LogP contribution < -0.4 is 8.89 Å². The van der Waals surface area contributed by atoms with Crippen LogP contribution in [0.2, 0.25) is 0 Å². The van der Waals surface area contributed by atoms with Crippen LogP contribution in [0.15, 0.2) is 30.3 Å². The van der Waals surface area contributed by atoms with Gasteiger partial charge in [0.1, 0.15) is 0 Å². The molecule has 0 aliphatic carbocycles. The lowest BCUT2D eigenvalue weighted by Gasteiger charge is -1.82. The lowest BCUT2D eigenvalue weighted by atomic mass is 10.2. The van der Waals surface area contributed by atoms with Crippen molar-refractivity contribution >= 4 is 26.4 Å². The Labute approximate surface area is 86.7 Å². The highest BCUT2D eigenvalue weighted by Gasteiger charge is 1.90. The topological polar surface area (TPSA) is 72.2 Å². The van der Waals surface area contributed by atoms with Crippen LogP contribution in [0, 0.1) is 6.92 Å². The molecule has 0 aliphatic heterocycles. The summed E-state index contributed by atoms with van der Waals surface area (Å²) in [5, 5.41) is 4.35. The van der Waals surface area contributed by atoms with Gasteiger partial charge in [-0.3, -0.25) is 0 Å². The number of benzene rings is 1. The highest BCUT2D eigenvalue weighted by molar-refractivity contribution is 9.09. The minimum absolute atomic E-state index is 1.32. The molecular formula is C7H11BrN2O2S. The van der Waals surface area contributed by atoms with E-state index in [0.29, 0.717) is 0 Å². The third-order valence-electron chi connectivity index (χ3n) is 1.05. The molecule has 13 heavy (non-hydrogen) atoms. The molecule has 1 aromatic carbocycles. The predicted molar refractivity (Wildman–Crippen MR) is 56.3 cm³/mol. The maximum absolute atomic E-state index is 9.62. The fourth-order valence-corrected chi connectivity index (χ4v) is 0.534. The molecule has 0 fully saturated rings. The molecule has 3 N–H and O–H groups in total. The first-order chi connectivity index (χ1) is 5.95. The average molecular weight is 267 g/mol. The van der Waals surface area contributed by atoms with Gasteiger partial charge in [-0.1, -0.05) is 35.9 Å². The standard InChI is InChI=1S/C7H8.BrH3N2O2S/c1-7-5-3-2-4-6-7;1-3-6(2,4)5/h2-6H,1H3;3H,(H2,2,4,5). The molecule has 0 amide bonds. The normalized spacial score (nSPS) is 10.1. The van der Waals surface area contributed by atoms with Crippen LogP contribution in [0.25, 0.3) is 0 Å². The second-order valence-corrected chi connectivity index (χ2v) is 4.49. The lowest BCUT2D eigenvalue weighted by molar-refractivity contribution is 0.597. The number of nitrogens with one attached hydrogen (secondary N) is 1. The lowest BCUT2D eigenvalue weighted by Crippen LogP contribution is -2.21. The summed E-state index contributed by atoms with van der Waals surface area (Å²) in [5.41, 5.74) is 1.32. The van der Waals surface area contributed by atoms with Crippen LogP contribution in [0.3, 0.4) is 0 Å². The Morgan fingerprint density at radius 3 is 1.85 bits per heavy atom. The van der Waals surface area contributed by atoms with Crippen molar-refractivity contribution in [3.63, 3.8) is 0 Å². The Balaban J connectivity index is 0.000000226. The fraction of sp³-hybridized carbons (Fsp3) is 0.143. The highest BCUT2D eigenvalue weighted by atomic mass is 79.9. The van der Waals surface area contributed by atoms with E-state index >= 15 is 0 Å². The van der Waals surface area contributed by atoms with Crippen LogP contribution in [-0.4, -0.2) is 8.42 Å². The largest absolute Gasteiger partial charge is 0.283 e. The van der Waals surface area contributed by atoms with E-state index in [-0.39, 0.29) is 0 Å². The highest BCUT2D eigenvalue weighted by Crippen LogP contribution is 1.92. The Hall–Kier alpha value is -0.430. The second-order valence-electron chi connectivity index (χ2n) is 2.28. The van der Waals surface area contributed by atoms with Crippen molar-refractivity contribution in [3.8, 4) is 0 Å². The molecular weight excluding hydrogens is 256 g/mol. The third-order valence-corrected chi connectivity index (χ3v) is 2.62. The van der Waals surface area contributed by atoms with Crippen molar-refractivity contribution in [2.24, 2.45) is 5.14 Å². The van der Waals surface area contributed by atoms with Crippen molar-refractivity contribution in [3.05, 3.63) is 35.9 Å². The van der Waals surface area contributed by atoms with Crippen molar-refractivity contribution in [1.82, 2.24) is 3.75 Å². The number of nitrogens with two attached hydrogens (primary N) is 1. The zero-order valence-corrected chi connectivity index (χ0v) is 9.47. The molecule has 6 heteroatoms. The first kappa shape index (κ1) is 12.6. The van der Waals surface area contributed by atoms with E-state index in [4.69, 9.17) is 0 Å². The number of rotatable bonds is 1. The van der Waals surface area contributed by atoms with Crippen LogP contribution in [0.1, 0.15) is 5.56 Å². The Morgan fingerprint density at radius 1 is 1.31 bits per heavy atom. The smallest absolute Gasteiger partial charge is 0.215 e. The molecule has 0 spiro atoms. The van der Waals surface area contributed by atoms with Gasteiger partial charge >= 0.3 is 0 Å². The molecule has 0 saturated heterocycles. The number of aryl methyl sites for hydroxylation is 1. The van der Waals surface area contributed by atoms with Gasteiger partial charge in [0.15, 0.2) is 0 Å². The van der Waals surface area contributed by atoms with E-state index < -0.39 is 10.2 Å². The molecule has 0 saturated carbocycles. The second kappa shape index (κ2) is 6.09. The Bertz CT molecular complexity index is 326. The summed E-state index contributed by atoms with van der Waals surface area (Å²) in [6.45, 7) is 2.08. The van der Waals surface area contributed by atoms with E-state index in [9.17, 15) is 8.42 Å². The zero-order valence-electron chi connectivity index (χ0n) is 7.07. The Kier molecular flexibility index (Phi) is 5.89. The summed E-state index contributed by atoms with van der Waals surface area (Å²) < 4.78 is 20.9. The van der Waals surface area contributed by atoms with Gasteiger partial charge < -0.3 is 0 Å². The van der Waals surface area contributed by atoms with Crippen molar-refractivity contribution in [2.45, 2.75) is 6.92 Å². The minimum Gasteiger partial charge on any atom is -0.215 e. The molecule has 0 atom stereocenters. The van der Waals surface area contributed by atoms with Gasteiger partial charge in [-0.05, 0) is 6.92 Å². The van der Waals surface area contributed by atoms with Crippen LogP contribution >= 0.6 is 16.1 Å². The molecule has 0 heterocycles. The van der Waals surface area contributed by atoms with Crippen molar-refractivity contribution in [1.29, 1.82) is 0 Å². The molecule has 1 aromatic rings.